The molecular weight excluding hydrogens is 222 g/mol. The lowest BCUT2D eigenvalue weighted by Gasteiger charge is -2.20. The zero-order valence-corrected chi connectivity index (χ0v) is 12.0. The molecule has 18 heavy (non-hydrogen) atoms. The normalized spacial score (nSPS) is 11.4. The first-order chi connectivity index (χ1) is 8.70. The molecule has 1 heterocycles. The Morgan fingerprint density at radius 2 is 2.06 bits per heavy atom. The van der Waals surface area contributed by atoms with Crippen LogP contribution in [-0.2, 0) is 6.42 Å². The van der Waals surface area contributed by atoms with E-state index in [0.717, 1.165) is 19.5 Å². The summed E-state index contributed by atoms with van der Waals surface area (Å²) in [5, 5.41) is 3.48. The fourth-order valence-corrected chi connectivity index (χ4v) is 1.76. The van der Waals surface area contributed by atoms with Crippen LogP contribution >= 0.6 is 0 Å². The van der Waals surface area contributed by atoms with Gasteiger partial charge in [-0.1, -0.05) is 6.07 Å². The first kappa shape index (κ1) is 15.1. The van der Waals surface area contributed by atoms with Gasteiger partial charge in [-0.2, -0.15) is 0 Å². The Morgan fingerprint density at radius 3 is 2.72 bits per heavy atom. The molecule has 1 aromatic rings. The van der Waals surface area contributed by atoms with Crippen LogP contribution in [0.15, 0.2) is 24.4 Å². The molecule has 0 amide bonds. The maximum Gasteiger partial charge on any atom is 0.0416 e. The second-order valence-corrected chi connectivity index (χ2v) is 5.10. The van der Waals surface area contributed by atoms with Crippen LogP contribution in [0.2, 0.25) is 0 Å². The fraction of sp³-hybridized carbons (Fsp3) is 0.667. The van der Waals surface area contributed by atoms with Crippen molar-refractivity contribution in [3.05, 3.63) is 30.1 Å². The highest BCUT2D eigenvalue weighted by Crippen LogP contribution is 1.97. The van der Waals surface area contributed by atoms with E-state index in [9.17, 15) is 0 Å². The highest BCUT2D eigenvalue weighted by Gasteiger charge is 2.01. The van der Waals surface area contributed by atoms with E-state index < -0.39 is 0 Å². The summed E-state index contributed by atoms with van der Waals surface area (Å²) >= 11 is 0. The van der Waals surface area contributed by atoms with Crippen molar-refractivity contribution < 1.29 is 0 Å². The van der Waals surface area contributed by atoms with Crippen molar-refractivity contribution in [3.63, 3.8) is 0 Å². The lowest BCUT2D eigenvalue weighted by atomic mass is 10.2. The molecule has 0 atom stereocenters. The number of nitrogens with zero attached hydrogens (tertiary/aromatic N) is 2. The third-order valence-electron chi connectivity index (χ3n) is 3.28. The maximum absolute atomic E-state index is 4.31. The van der Waals surface area contributed by atoms with Gasteiger partial charge in [0.15, 0.2) is 0 Å². The second kappa shape index (κ2) is 9.06. The van der Waals surface area contributed by atoms with Gasteiger partial charge in [-0.25, -0.2) is 0 Å². The Kier molecular flexibility index (Phi) is 7.62. The molecule has 3 heteroatoms. The van der Waals surface area contributed by atoms with Crippen molar-refractivity contribution in [2.75, 3.05) is 26.7 Å². The number of hydrogen-bond acceptors (Lipinski definition) is 3. The molecule has 0 unspecified atom stereocenters. The summed E-state index contributed by atoms with van der Waals surface area (Å²) < 4.78 is 0. The summed E-state index contributed by atoms with van der Waals surface area (Å²) in [4.78, 5) is 6.71. The van der Waals surface area contributed by atoms with E-state index in [1.165, 1.54) is 25.1 Å². The molecule has 0 aliphatic heterocycles. The molecular formula is C15H27N3. The molecule has 0 fully saturated rings. The minimum absolute atomic E-state index is 0.655. The summed E-state index contributed by atoms with van der Waals surface area (Å²) in [6, 6.07) is 6.74. The first-order valence-corrected chi connectivity index (χ1v) is 7.01. The highest BCUT2D eigenvalue weighted by atomic mass is 15.1. The van der Waals surface area contributed by atoms with Crippen LogP contribution in [0.3, 0.4) is 0 Å². The molecule has 0 aromatic carbocycles. The summed E-state index contributed by atoms with van der Waals surface area (Å²) in [6.07, 6.45) is 5.40. The average Bonchev–Trinajstić information content (AvgIpc) is 2.38. The SMILES string of the molecule is CC(C)N(C)CCCCNCCc1ccccn1. The predicted molar refractivity (Wildman–Crippen MR) is 77.8 cm³/mol. The average molecular weight is 249 g/mol. The fourth-order valence-electron chi connectivity index (χ4n) is 1.76. The predicted octanol–water partition coefficient (Wildman–Crippen LogP) is 2.33. The van der Waals surface area contributed by atoms with Gasteiger partial charge in [-0.15, -0.1) is 0 Å². The smallest absolute Gasteiger partial charge is 0.0416 e. The molecule has 0 saturated carbocycles. The zero-order chi connectivity index (χ0) is 13.2. The van der Waals surface area contributed by atoms with Gasteiger partial charge in [-0.05, 0) is 59.0 Å². The molecule has 1 rings (SSSR count). The number of aromatic nitrogens is 1. The van der Waals surface area contributed by atoms with E-state index in [-0.39, 0.29) is 0 Å². The third-order valence-corrected chi connectivity index (χ3v) is 3.28. The van der Waals surface area contributed by atoms with Crippen LogP contribution in [0, 0.1) is 0 Å². The van der Waals surface area contributed by atoms with Crippen LogP contribution in [0.1, 0.15) is 32.4 Å². The van der Waals surface area contributed by atoms with Gasteiger partial charge in [0.1, 0.15) is 0 Å². The summed E-state index contributed by atoms with van der Waals surface area (Å²) in [5.41, 5.74) is 1.17. The summed E-state index contributed by atoms with van der Waals surface area (Å²) in [7, 11) is 2.19. The molecule has 0 radical (unpaired) electrons. The minimum atomic E-state index is 0.655. The highest BCUT2D eigenvalue weighted by molar-refractivity contribution is 5.03. The van der Waals surface area contributed by atoms with Gasteiger partial charge in [0.2, 0.25) is 0 Å². The van der Waals surface area contributed by atoms with Crippen molar-refractivity contribution in [3.8, 4) is 0 Å². The minimum Gasteiger partial charge on any atom is -0.316 e. The molecule has 0 aliphatic carbocycles. The van der Waals surface area contributed by atoms with Crippen molar-refractivity contribution in [1.82, 2.24) is 15.2 Å². The van der Waals surface area contributed by atoms with Gasteiger partial charge in [-0.3, -0.25) is 4.98 Å². The Morgan fingerprint density at radius 1 is 1.22 bits per heavy atom. The van der Waals surface area contributed by atoms with E-state index in [4.69, 9.17) is 0 Å². The molecule has 1 N–H and O–H groups in total. The van der Waals surface area contributed by atoms with Gasteiger partial charge < -0.3 is 10.2 Å². The maximum atomic E-state index is 4.31. The van der Waals surface area contributed by atoms with Crippen LogP contribution in [0.4, 0.5) is 0 Å². The van der Waals surface area contributed by atoms with Gasteiger partial charge >= 0.3 is 0 Å². The molecule has 3 nitrogen and oxygen atoms in total. The lowest BCUT2D eigenvalue weighted by molar-refractivity contribution is 0.268. The first-order valence-electron chi connectivity index (χ1n) is 7.01. The van der Waals surface area contributed by atoms with Crippen LogP contribution < -0.4 is 5.32 Å². The standard InChI is InChI=1S/C15H27N3/c1-14(2)18(3)13-7-6-10-16-12-9-15-8-4-5-11-17-15/h4-5,8,11,14,16H,6-7,9-10,12-13H2,1-3H3. The van der Waals surface area contributed by atoms with E-state index in [1.807, 2.05) is 18.3 Å². The Hall–Kier alpha value is -0.930. The largest absolute Gasteiger partial charge is 0.316 e. The van der Waals surface area contributed by atoms with Gasteiger partial charge in [0.25, 0.3) is 0 Å². The molecule has 0 bridgehead atoms. The van der Waals surface area contributed by atoms with E-state index >= 15 is 0 Å². The Balaban J connectivity index is 1.93. The Labute approximate surface area is 112 Å². The molecule has 102 valence electrons. The number of hydrogen-bond donors (Lipinski definition) is 1. The second-order valence-electron chi connectivity index (χ2n) is 5.10. The van der Waals surface area contributed by atoms with Gasteiger partial charge in [0.05, 0.1) is 0 Å². The topological polar surface area (TPSA) is 28.2 Å². The quantitative estimate of drug-likeness (QED) is 0.681. The van der Waals surface area contributed by atoms with E-state index in [1.54, 1.807) is 0 Å². The summed E-state index contributed by atoms with van der Waals surface area (Å²) in [6.45, 7) is 7.81. The number of pyridine rings is 1. The van der Waals surface area contributed by atoms with E-state index in [0.29, 0.717) is 6.04 Å². The molecule has 0 spiro atoms. The van der Waals surface area contributed by atoms with Crippen molar-refractivity contribution in [2.45, 2.75) is 39.2 Å². The van der Waals surface area contributed by atoms with Crippen molar-refractivity contribution >= 4 is 0 Å². The van der Waals surface area contributed by atoms with Crippen molar-refractivity contribution in [2.24, 2.45) is 0 Å². The molecule has 0 aliphatic rings. The number of rotatable bonds is 9. The number of nitrogens with one attached hydrogen (secondary N) is 1. The number of unbranched alkanes of at least 4 members (excludes halogenated alkanes) is 1. The third kappa shape index (κ3) is 6.72. The van der Waals surface area contributed by atoms with E-state index in [2.05, 4.69) is 42.2 Å². The zero-order valence-electron chi connectivity index (χ0n) is 12.0. The molecule has 0 saturated heterocycles. The Bertz CT molecular complexity index is 298. The molecule has 1 aromatic heterocycles. The van der Waals surface area contributed by atoms with Crippen LogP contribution in [0.5, 0.6) is 0 Å². The monoisotopic (exact) mass is 249 g/mol. The lowest BCUT2D eigenvalue weighted by Crippen LogP contribution is -2.28. The van der Waals surface area contributed by atoms with Gasteiger partial charge in [0, 0.05) is 30.9 Å². The van der Waals surface area contributed by atoms with Crippen molar-refractivity contribution in [1.29, 1.82) is 0 Å². The van der Waals surface area contributed by atoms with Crippen LogP contribution in [-0.4, -0.2) is 42.6 Å². The summed E-state index contributed by atoms with van der Waals surface area (Å²) in [5.74, 6) is 0. The van der Waals surface area contributed by atoms with Crippen LogP contribution in [0.25, 0.3) is 0 Å².